The van der Waals surface area contributed by atoms with Crippen molar-refractivity contribution >= 4 is 14.3 Å². The van der Waals surface area contributed by atoms with Gasteiger partial charge < -0.3 is 9.16 Å². The Morgan fingerprint density at radius 3 is 2.14 bits per heavy atom. The molecular formula is C17H34O3Si. The summed E-state index contributed by atoms with van der Waals surface area (Å²) in [5.74, 6) is 0.335. The highest BCUT2D eigenvalue weighted by Crippen LogP contribution is 2.39. The molecule has 0 aliphatic rings. The van der Waals surface area contributed by atoms with E-state index >= 15 is 0 Å². The molecule has 21 heavy (non-hydrogen) atoms. The Labute approximate surface area is 132 Å². The molecule has 0 spiro atoms. The Balaban J connectivity index is 5.14. The fourth-order valence-corrected chi connectivity index (χ4v) is 3.38. The van der Waals surface area contributed by atoms with Crippen molar-refractivity contribution in [1.82, 2.24) is 0 Å². The van der Waals surface area contributed by atoms with Crippen LogP contribution in [0.3, 0.4) is 0 Å². The Kier molecular flexibility index (Phi) is 7.90. The van der Waals surface area contributed by atoms with Crippen LogP contribution in [-0.4, -0.2) is 27.5 Å². The van der Waals surface area contributed by atoms with Gasteiger partial charge in [0.2, 0.25) is 0 Å². The fourth-order valence-electron chi connectivity index (χ4n) is 1.90. The Bertz CT molecular complexity index is 356. The van der Waals surface area contributed by atoms with Gasteiger partial charge in [-0.15, -0.1) is 0 Å². The van der Waals surface area contributed by atoms with Crippen molar-refractivity contribution in [2.24, 2.45) is 11.8 Å². The maximum absolute atomic E-state index is 11.3. The molecule has 0 aromatic heterocycles. The number of hydrogen-bond donors (Lipinski definition) is 0. The number of ether oxygens (including phenoxy) is 1. The minimum atomic E-state index is -1.82. The molecule has 0 amide bonds. The van der Waals surface area contributed by atoms with Crippen LogP contribution >= 0.6 is 0 Å². The lowest BCUT2D eigenvalue weighted by atomic mass is 9.91. The number of esters is 1. The van der Waals surface area contributed by atoms with E-state index in [1.807, 2.05) is 6.08 Å². The molecule has 0 fully saturated rings. The second-order valence-corrected chi connectivity index (χ2v) is 12.2. The number of carbonyl (C=O) groups is 1. The molecule has 0 saturated carbocycles. The molecule has 124 valence electrons. The Morgan fingerprint density at radius 1 is 1.24 bits per heavy atom. The first-order valence-electron chi connectivity index (χ1n) is 7.90. The Hall–Kier alpha value is -0.613. The summed E-state index contributed by atoms with van der Waals surface area (Å²) in [7, 11) is -0.426. The molecule has 0 unspecified atom stereocenters. The van der Waals surface area contributed by atoms with Crippen LogP contribution in [0, 0.1) is 11.8 Å². The molecule has 0 saturated heterocycles. The maximum atomic E-state index is 11.3. The zero-order valence-corrected chi connectivity index (χ0v) is 16.3. The normalized spacial score (nSPS) is 17.6. The van der Waals surface area contributed by atoms with Crippen molar-refractivity contribution in [3.63, 3.8) is 0 Å². The third kappa shape index (κ3) is 6.35. The van der Waals surface area contributed by atoms with Crippen LogP contribution in [0.1, 0.15) is 48.0 Å². The van der Waals surface area contributed by atoms with Crippen molar-refractivity contribution in [1.29, 1.82) is 0 Å². The van der Waals surface area contributed by atoms with E-state index in [0.29, 0.717) is 5.92 Å². The van der Waals surface area contributed by atoms with Gasteiger partial charge in [-0.3, -0.25) is 0 Å². The molecule has 3 nitrogen and oxygen atoms in total. The summed E-state index contributed by atoms with van der Waals surface area (Å²) < 4.78 is 11.3. The molecule has 0 aromatic carbocycles. The van der Waals surface area contributed by atoms with Crippen LogP contribution in [0.2, 0.25) is 18.1 Å². The van der Waals surface area contributed by atoms with Gasteiger partial charge in [-0.05, 0) is 30.0 Å². The third-order valence-corrected chi connectivity index (χ3v) is 9.17. The largest absolute Gasteiger partial charge is 0.466 e. The lowest BCUT2D eigenvalue weighted by Gasteiger charge is -2.42. The number of carbonyl (C=O) groups excluding carboxylic acids is 1. The quantitative estimate of drug-likeness (QED) is 0.385. The van der Waals surface area contributed by atoms with Crippen molar-refractivity contribution in [3.8, 4) is 0 Å². The van der Waals surface area contributed by atoms with Crippen LogP contribution in [0.4, 0.5) is 0 Å². The van der Waals surface area contributed by atoms with E-state index in [-0.39, 0.29) is 23.0 Å². The molecule has 0 N–H and O–H groups in total. The van der Waals surface area contributed by atoms with Crippen LogP contribution in [-0.2, 0) is 14.0 Å². The summed E-state index contributed by atoms with van der Waals surface area (Å²) in [5, 5.41) is 0.185. The first-order valence-corrected chi connectivity index (χ1v) is 10.8. The summed E-state index contributed by atoms with van der Waals surface area (Å²) in [4.78, 5) is 11.3. The lowest BCUT2D eigenvalue weighted by Crippen LogP contribution is -2.47. The Morgan fingerprint density at radius 2 is 1.76 bits per heavy atom. The van der Waals surface area contributed by atoms with Gasteiger partial charge in [-0.25, -0.2) is 4.79 Å². The van der Waals surface area contributed by atoms with E-state index in [9.17, 15) is 4.79 Å². The lowest BCUT2D eigenvalue weighted by molar-refractivity contribution is -0.134. The summed E-state index contributed by atoms with van der Waals surface area (Å²) in [6.45, 7) is 17.8. The van der Waals surface area contributed by atoms with Crippen LogP contribution < -0.4 is 0 Å². The third-order valence-electron chi connectivity index (χ3n) is 4.70. The summed E-state index contributed by atoms with van der Waals surface area (Å²) >= 11 is 0. The minimum Gasteiger partial charge on any atom is -0.466 e. The van der Waals surface area contributed by atoms with E-state index in [2.05, 4.69) is 59.4 Å². The van der Waals surface area contributed by atoms with Gasteiger partial charge in [0.15, 0.2) is 8.32 Å². The second kappa shape index (κ2) is 8.13. The van der Waals surface area contributed by atoms with Gasteiger partial charge in [-0.2, -0.15) is 0 Å². The molecule has 0 radical (unpaired) electrons. The summed E-state index contributed by atoms with van der Waals surface area (Å²) in [6.07, 6.45) is 4.62. The van der Waals surface area contributed by atoms with E-state index in [4.69, 9.17) is 4.43 Å². The predicted molar refractivity (Wildman–Crippen MR) is 91.8 cm³/mol. The van der Waals surface area contributed by atoms with Crippen LogP contribution in [0.5, 0.6) is 0 Å². The second-order valence-electron chi connectivity index (χ2n) is 7.47. The molecule has 0 heterocycles. The van der Waals surface area contributed by atoms with Gasteiger partial charge in [0.25, 0.3) is 0 Å². The summed E-state index contributed by atoms with van der Waals surface area (Å²) in [5.41, 5.74) is 0. The highest BCUT2D eigenvalue weighted by molar-refractivity contribution is 6.74. The molecule has 3 atom stereocenters. The standard InChI is InChI=1S/C17H34O3Si/c1-10-13(2)16(14(3)11-12-15(18)19-7)20-21(8,9)17(4,5)6/h11-14,16H,10H2,1-9H3/b12-11+/t13-,14+,16+/m0/s1. The van der Waals surface area contributed by atoms with Crippen molar-refractivity contribution in [3.05, 3.63) is 12.2 Å². The highest BCUT2D eigenvalue weighted by atomic mass is 28.4. The number of methoxy groups -OCH3 is 1. The van der Waals surface area contributed by atoms with Gasteiger partial charge in [0.05, 0.1) is 13.2 Å². The summed E-state index contributed by atoms with van der Waals surface area (Å²) in [6, 6.07) is 0. The molecule has 0 rings (SSSR count). The zero-order chi connectivity index (χ0) is 16.8. The van der Waals surface area contributed by atoms with Gasteiger partial charge >= 0.3 is 5.97 Å². The molecular weight excluding hydrogens is 280 g/mol. The molecule has 0 aliphatic carbocycles. The van der Waals surface area contributed by atoms with Gasteiger partial charge in [0.1, 0.15) is 0 Å². The number of rotatable bonds is 7. The van der Waals surface area contributed by atoms with Crippen molar-refractivity contribution in [2.75, 3.05) is 7.11 Å². The van der Waals surface area contributed by atoms with E-state index in [1.165, 1.54) is 13.2 Å². The molecule has 0 aromatic rings. The van der Waals surface area contributed by atoms with Gasteiger partial charge in [0, 0.05) is 6.08 Å². The predicted octanol–water partition coefficient (Wildman–Crippen LogP) is 4.79. The molecule has 0 bridgehead atoms. The number of hydrogen-bond acceptors (Lipinski definition) is 3. The molecule has 0 aliphatic heterocycles. The SMILES string of the molecule is CC[C@H](C)[C@@H](O[Si](C)(C)C(C)(C)C)[C@H](C)/C=C/C(=O)OC. The zero-order valence-electron chi connectivity index (χ0n) is 15.3. The van der Waals surface area contributed by atoms with E-state index in [0.717, 1.165) is 6.42 Å². The first kappa shape index (κ1) is 20.4. The molecule has 4 heteroatoms. The average Bonchev–Trinajstić information content (AvgIpc) is 2.39. The first-order chi connectivity index (χ1) is 9.46. The van der Waals surface area contributed by atoms with Crippen molar-refractivity contribution < 1.29 is 14.0 Å². The van der Waals surface area contributed by atoms with E-state index < -0.39 is 8.32 Å². The van der Waals surface area contributed by atoms with Crippen molar-refractivity contribution in [2.45, 2.75) is 72.2 Å². The van der Waals surface area contributed by atoms with Crippen LogP contribution in [0.25, 0.3) is 0 Å². The van der Waals surface area contributed by atoms with E-state index in [1.54, 1.807) is 0 Å². The highest BCUT2D eigenvalue weighted by Gasteiger charge is 2.40. The smallest absolute Gasteiger partial charge is 0.330 e. The monoisotopic (exact) mass is 314 g/mol. The topological polar surface area (TPSA) is 35.5 Å². The fraction of sp³-hybridized carbons (Fsp3) is 0.824. The maximum Gasteiger partial charge on any atom is 0.330 e. The van der Waals surface area contributed by atoms with Crippen LogP contribution in [0.15, 0.2) is 12.2 Å². The van der Waals surface area contributed by atoms with Gasteiger partial charge in [-0.1, -0.05) is 54.0 Å². The average molecular weight is 315 g/mol. The minimum absolute atomic E-state index is 0.136.